The van der Waals surface area contributed by atoms with Crippen molar-refractivity contribution in [1.29, 1.82) is 0 Å². The maximum atomic E-state index is 13.8. The molecule has 0 radical (unpaired) electrons. The molecular formula is C23H21FN4. The van der Waals surface area contributed by atoms with Crippen LogP contribution in [0.5, 0.6) is 0 Å². The highest BCUT2D eigenvalue weighted by Crippen LogP contribution is 2.22. The summed E-state index contributed by atoms with van der Waals surface area (Å²) in [7, 11) is 0. The second kappa shape index (κ2) is 8.59. The fourth-order valence-electron chi connectivity index (χ4n) is 3.16. The van der Waals surface area contributed by atoms with E-state index < -0.39 is 0 Å². The molecule has 2 aromatic carbocycles. The second-order valence-corrected chi connectivity index (χ2v) is 6.62. The molecule has 0 atom stereocenters. The molecule has 0 aliphatic heterocycles. The van der Waals surface area contributed by atoms with Gasteiger partial charge in [0.1, 0.15) is 5.82 Å². The minimum absolute atomic E-state index is 0.192. The molecule has 1 N–H and O–H groups in total. The van der Waals surface area contributed by atoms with Gasteiger partial charge >= 0.3 is 0 Å². The van der Waals surface area contributed by atoms with Gasteiger partial charge in [-0.15, -0.1) is 0 Å². The molecule has 2 aromatic heterocycles. The molecular weight excluding hydrogens is 351 g/mol. The van der Waals surface area contributed by atoms with Crippen molar-refractivity contribution in [2.75, 3.05) is 0 Å². The Morgan fingerprint density at radius 1 is 0.857 bits per heavy atom. The Balaban J connectivity index is 1.55. The molecule has 5 heteroatoms. The van der Waals surface area contributed by atoms with E-state index in [1.165, 1.54) is 11.6 Å². The van der Waals surface area contributed by atoms with E-state index in [1.807, 2.05) is 53.5 Å². The van der Waals surface area contributed by atoms with Gasteiger partial charge in [-0.1, -0.05) is 48.5 Å². The summed E-state index contributed by atoms with van der Waals surface area (Å²) in [6.45, 7) is 1.75. The maximum Gasteiger partial charge on any atom is 0.127 e. The van der Waals surface area contributed by atoms with E-state index >= 15 is 0 Å². The van der Waals surface area contributed by atoms with Crippen molar-refractivity contribution in [2.45, 2.75) is 19.6 Å². The first-order valence-corrected chi connectivity index (χ1v) is 9.24. The molecule has 0 amide bonds. The zero-order valence-electron chi connectivity index (χ0n) is 15.4. The molecule has 140 valence electrons. The van der Waals surface area contributed by atoms with Crippen LogP contribution in [0.1, 0.15) is 16.7 Å². The van der Waals surface area contributed by atoms with Gasteiger partial charge in [0.05, 0.1) is 12.2 Å². The van der Waals surface area contributed by atoms with Crippen LogP contribution in [0.15, 0.2) is 85.3 Å². The summed E-state index contributed by atoms with van der Waals surface area (Å²) in [5.74, 6) is -0.192. The van der Waals surface area contributed by atoms with Crippen molar-refractivity contribution in [2.24, 2.45) is 0 Å². The fraction of sp³-hybridized carbons (Fsp3) is 0.130. The first kappa shape index (κ1) is 18.1. The summed E-state index contributed by atoms with van der Waals surface area (Å²) < 4.78 is 15.8. The van der Waals surface area contributed by atoms with Crippen molar-refractivity contribution in [3.05, 3.63) is 108 Å². The van der Waals surface area contributed by atoms with Gasteiger partial charge < -0.3 is 5.32 Å². The van der Waals surface area contributed by atoms with E-state index in [-0.39, 0.29) is 5.82 Å². The number of rotatable bonds is 7. The number of hydrogen-bond acceptors (Lipinski definition) is 3. The normalized spacial score (nSPS) is 10.9. The van der Waals surface area contributed by atoms with Crippen LogP contribution in [-0.4, -0.2) is 14.8 Å². The second-order valence-electron chi connectivity index (χ2n) is 6.62. The standard InChI is InChI=1S/C23H21FN4/c24-22-11-5-4-9-19(22)13-26-15-21-17-28(16-18-7-2-1-3-8-18)27-23(21)20-10-6-12-25-14-20/h1-12,14,17,26H,13,15-16H2. The average Bonchev–Trinajstić information content (AvgIpc) is 3.13. The summed E-state index contributed by atoms with van der Waals surface area (Å²) in [5.41, 5.74) is 4.76. The fourth-order valence-corrected chi connectivity index (χ4v) is 3.16. The minimum Gasteiger partial charge on any atom is -0.308 e. The monoisotopic (exact) mass is 372 g/mol. The lowest BCUT2D eigenvalue weighted by atomic mass is 10.1. The zero-order chi connectivity index (χ0) is 19.2. The predicted molar refractivity (Wildman–Crippen MR) is 108 cm³/mol. The summed E-state index contributed by atoms with van der Waals surface area (Å²) in [4.78, 5) is 4.22. The molecule has 4 aromatic rings. The van der Waals surface area contributed by atoms with Crippen LogP contribution < -0.4 is 5.32 Å². The van der Waals surface area contributed by atoms with Crippen LogP contribution in [0.25, 0.3) is 11.3 Å². The van der Waals surface area contributed by atoms with E-state index in [0.717, 1.165) is 16.8 Å². The Labute approximate surface area is 163 Å². The van der Waals surface area contributed by atoms with Gasteiger partial charge in [-0.2, -0.15) is 5.10 Å². The zero-order valence-corrected chi connectivity index (χ0v) is 15.4. The average molecular weight is 372 g/mol. The predicted octanol–water partition coefficient (Wildman–Crippen LogP) is 4.42. The number of benzene rings is 2. The smallest absolute Gasteiger partial charge is 0.127 e. The molecule has 28 heavy (non-hydrogen) atoms. The highest BCUT2D eigenvalue weighted by Gasteiger charge is 2.12. The van der Waals surface area contributed by atoms with Crippen molar-refractivity contribution in [3.63, 3.8) is 0 Å². The van der Waals surface area contributed by atoms with E-state index in [4.69, 9.17) is 5.10 Å². The van der Waals surface area contributed by atoms with Gasteiger partial charge in [0.15, 0.2) is 0 Å². The molecule has 0 fully saturated rings. The van der Waals surface area contributed by atoms with Crippen molar-refractivity contribution < 1.29 is 4.39 Å². The van der Waals surface area contributed by atoms with Crippen LogP contribution in [0, 0.1) is 5.82 Å². The quantitative estimate of drug-likeness (QED) is 0.522. The lowest BCUT2D eigenvalue weighted by Gasteiger charge is -2.06. The Hall–Kier alpha value is -3.31. The third kappa shape index (κ3) is 4.32. The summed E-state index contributed by atoms with van der Waals surface area (Å²) in [5, 5.41) is 8.11. The topological polar surface area (TPSA) is 42.7 Å². The lowest BCUT2D eigenvalue weighted by Crippen LogP contribution is -2.14. The summed E-state index contributed by atoms with van der Waals surface area (Å²) >= 11 is 0. The maximum absolute atomic E-state index is 13.8. The Kier molecular flexibility index (Phi) is 5.54. The molecule has 0 saturated heterocycles. The molecule has 0 spiro atoms. The van der Waals surface area contributed by atoms with E-state index in [0.29, 0.717) is 25.2 Å². The van der Waals surface area contributed by atoms with Crippen LogP contribution in [-0.2, 0) is 19.6 Å². The molecule has 4 rings (SSSR count). The van der Waals surface area contributed by atoms with Crippen molar-refractivity contribution in [1.82, 2.24) is 20.1 Å². The van der Waals surface area contributed by atoms with Crippen molar-refractivity contribution in [3.8, 4) is 11.3 Å². The Bertz CT molecular complexity index is 1030. The highest BCUT2D eigenvalue weighted by atomic mass is 19.1. The van der Waals surface area contributed by atoms with Crippen LogP contribution in [0.4, 0.5) is 4.39 Å². The molecule has 0 aliphatic carbocycles. The molecule has 0 unspecified atom stereocenters. The van der Waals surface area contributed by atoms with Crippen LogP contribution >= 0.6 is 0 Å². The van der Waals surface area contributed by atoms with E-state index in [9.17, 15) is 4.39 Å². The number of halogens is 1. The van der Waals surface area contributed by atoms with Gasteiger partial charge in [-0.25, -0.2) is 4.39 Å². The Morgan fingerprint density at radius 2 is 1.64 bits per heavy atom. The summed E-state index contributed by atoms with van der Waals surface area (Å²) in [6.07, 6.45) is 5.61. The van der Waals surface area contributed by atoms with Crippen LogP contribution in [0.2, 0.25) is 0 Å². The third-order valence-corrected chi connectivity index (χ3v) is 4.55. The van der Waals surface area contributed by atoms with Gasteiger partial charge in [0.25, 0.3) is 0 Å². The van der Waals surface area contributed by atoms with Crippen LogP contribution in [0.3, 0.4) is 0 Å². The minimum atomic E-state index is -0.192. The molecule has 0 saturated carbocycles. The van der Waals surface area contributed by atoms with Gasteiger partial charge in [0.2, 0.25) is 0 Å². The molecule has 0 aliphatic rings. The number of nitrogens with zero attached hydrogens (tertiary/aromatic N) is 3. The van der Waals surface area contributed by atoms with E-state index in [1.54, 1.807) is 18.3 Å². The van der Waals surface area contributed by atoms with Crippen molar-refractivity contribution >= 4 is 0 Å². The van der Waals surface area contributed by atoms with E-state index in [2.05, 4.69) is 22.4 Å². The molecule has 4 nitrogen and oxygen atoms in total. The largest absolute Gasteiger partial charge is 0.308 e. The number of nitrogens with one attached hydrogen (secondary N) is 1. The first-order chi connectivity index (χ1) is 13.8. The number of pyridine rings is 1. The SMILES string of the molecule is Fc1ccccc1CNCc1cn(Cc2ccccc2)nc1-c1cccnc1. The van der Waals surface area contributed by atoms with Gasteiger partial charge in [-0.3, -0.25) is 9.67 Å². The first-order valence-electron chi connectivity index (χ1n) is 9.24. The lowest BCUT2D eigenvalue weighted by molar-refractivity contribution is 0.588. The molecule has 0 bridgehead atoms. The highest BCUT2D eigenvalue weighted by molar-refractivity contribution is 5.61. The Morgan fingerprint density at radius 3 is 2.43 bits per heavy atom. The molecule has 2 heterocycles. The van der Waals surface area contributed by atoms with Gasteiger partial charge in [0, 0.05) is 48.4 Å². The third-order valence-electron chi connectivity index (χ3n) is 4.55. The number of aromatic nitrogens is 3. The number of hydrogen-bond donors (Lipinski definition) is 1. The summed E-state index contributed by atoms with van der Waals surface area (Å²) in [6, 6.07) is 21.0. The van der Waals surface area contributed by atoms with Gasteiger partial charge in [-0.05, 0) is 23.8 Å².